The average Bonchev–Trinajstić information content (AvgIpc) is 3.33. The van der Waals surface area contributed by atoms with E-state index in [1.54, 1.807) is 29.1 Å². The van der Waals surface area contributed by atoms with Crippen LogP contribution in [0.3, 0.4) is 0 Å². The van der Waals surface area contributed by atoms with Gasteiger partial charge in [-0.05, 0) is 18.9 Å². The number of hydrogen-bond acceptors (Lipinski definition) is 4. The van der Waals surface area contributed by atoms with Crippen molar-refractivity contribution in [2.75, 3.05) is 18.8 Å². The summed E-state index contributed by atoms with van der Waals surface area (Å²) in [6, 6.07) is 3.21. The molecule has 0 spiro atoms. The quantitative estimate of drug-likeness (QED) is 0.844. The van der Waals surface area contributed by atoms with Crippen molar-refractivity contribution in [1.82, 2.24) is 15.1 Å². The van der Waals surface area contributed by atoms with Gasteiger partial charge in [-0.15, -0.1) is 11.8 Å². The van der Waals surface area contributed by atoms with Crippen molar-refractivity contribution < 1.29 is 18.7 Å². The van der Waals surface area contributed by atoms with E-state index in [9.17, 15) is 18.7 Å². The van der Waals surface area contributed by atoms with Crippen LogP contribution in [-0.2, 0) is 10.4 Å². The number of nitrogens with one attached hydrogen (secondary N) is 1. The first-order chi connectivity index (χ1) is 13.0. The lowest BCUT2D eigenvalue weighted by Crippen LogP contribution is -2.47. The molecule has 0 aliphatic carbocycles. The summed E-state index contributed by atoms with van der Waals surface area (Å²) in [6.45, 7) is 0.671. The van der Waals surface area contributed by atoms with Crippen LogP contribution in [0.2, 0.25) is 0 Å². The van der Waals surface area contributed by atoms with Gasteiger partial charge in [0.25, 0.3) is 0 Å². The molecule has 1 unspecified atom stereocenters. The molecule has 1 aromatic carbocycles. The van der Waals surface area contributed by atoms with Crippen molar-refractivity contribution in [3.63, 3.8) is 0 Å². The highest BCUT2D eigenvalue weighted by molar-refractivity contribution is 8.08. The van der Waals surface area contributed by atoms with Gasteiger partial charge in [0.2, 0.25) is 5.91 Å². The normalized spacial score (nSPS) is 22.0. The number of aromatic nitrogens is 2. The predicted molar refractivity (Wildman–Crippen MR) is 98.6 cm³/mol. The van der Waals surface area contributed by atoms with Gasteiger partial charge in [-0.3, -0.25) is 9.89 Å². The lowest BCUT2D eigenvalue weighted by atomic mass is 9.84. The molecule has 142 valence electrons. The highest BCUT2D eigenvalue weighted by atomic mass is 32.2. The fourth-order valence-electron chi connectivity index (χ4n) is 3.63. The minimum atomic E-state index is -1.38. The first kappa shape index (κ1) is 18.2. The van der Waals surface area contributed by atoms with Crippen LogP contribution in [0, 0.1) is 17.6 Å². The zero-order valence-corrected chi connectivity index (χ0v) is 15.3. The van der Waals surface area contributed by atoms with Crippen molar-refractivity contribution in [2.24, 2.45) is 5.92 Å². The van der Waals surface area contributed by atoms with E-state index in [1.807, 2.05) is 6.08 Å². The second-order valence-electron chi connectivity index (χ2n) is 6.92. The molecule has 4 rings (SSSR count). The molecule has 2 aromatic rings. The second kappa shape index (κ2) is 7.09. The molecule has 5 nitrogen and oxygen atoms in total. The minimum Gasteiger partial charge on any atom is -0.385 e. The van der Waals surface area contributed by atoms with Crippen LogP contribution >= 0.6 is 11.8 Å². The fourth-order valence-corrected chi connectivity index (χ4v) is 4.77. The molecular formula is C19H19F2N3O2S. The Morgan fingerprint density at radius 1 is 1.33 bits per heavy atom. The van der Waals surface area contributed by atoms with Gasteiger partial charge in [-0.2, -0.15) is 5.10 Å². The van der Waals surface area contributed by atoms with E-state index in [4.69, 9.17) is 0 Å². The lowest BCUT2D eigenvalue weighted by Gasteiger charge is -2.39. The molecule has 8 heteroatoms. The van der Waals surface area contributed by atoms with Crippen LogP contribution < -0.4 is 0 Å². The van der Waals surface area contributed by atoms with Gasteiger partial charge >= 0.3 is 0 Å². The Morgan fingerprint density at radius 3 is 2.78 bits per heavy atom. The Morgan fingerprint density at radius 2 is 2.11 bits per heavy atom. The number of nitrogens with zero attached hydrogens (tertiary/aromatic N) is 2. The van der Waals surface area contributed by atoms with Crippen LogP contribution in [0.15, 0.2) is 36.7 Å². The van der Waals surface area contributed by atoms with Crippen molar-refractivity contribution in [3.05, 3.63) is 59.4 Å². The number of aromatic amines is 1. The SMILES string of the molecule is O=C(C1C=C(c2cn[nH]c2)SC1)N1CCC(O)(c2ccc(F)cc2F)CC1. The number of benzene rings is 1. The van der Waals surface area contributed by atoms with Gasteiger partial charge in [0.1, 0.15) is 11.6 Å². The molecule has 0 bridgehead atoms. The molecule has 2 aliphatic rings. The molecule has 27 heavy (non-hydrogen) atoms. The first-order valence-electron chi connectivity index (χ1n) is 8.77. The summed E-state index contributed by atoms with van der Waals surface area (Å²) in [5, 5.41) is 17.5. The number of halogens is 2. The molecular weight excluding hydrogens is 372 g/mol. The first-order valence-corrected chi connectivity index (χ1v) is 9.75. The topological polar surface area (TPSA) is 69.2 Å². The average molecular weight is 391 g/mol. The largest absolute Gasteiger partial charge is 0.385 e. The van der Waals surface area contributed by atoms with Gasteiger partial charge in [0.05, 0.1) is 17.7 Å². The van der Waals surface area contributed by atoms with E-state index in [-0.39, 0.29) is 30.2 Å². The zero-order chi connectivity index (χ0) is 19.0. The Labute approximate surface area is 159 Å². The number of thioether (sulfide) groups is 1. The van der Waals surface area contributed by atoms with E-state index in [0.29, 0.717) is 18.8 Å². The van der Waals surface area contributed by atoms with E-state index in [1.165, 1.54) is 6.07 Å². The fraction of sp³-hybridized carbons (Fsp3) is 0.368. The Bertz CT molecular complexity index is 877. The summed E-state index contributed by atoms with van der Waals surface area (Å²) < 4.78 is 27.2. The van der Waals surface area contributed by atoms with Gasteiger partial charge in [-0.25, -0.2) is 8.78 Å². The summed E-state index contributed by atoms with van der Waals surface area (Å²) in [5.41, 5.74) is -0.318. The number of carbonyl (C=O) groups is 1. The number of H-pyrrole nitrogens is 1. The van der Waals surface area contributed by atoms with Crippen molar-refractivity contribution in [2.45, 2.75) is 18.4 Å². The highest BCUT2D eigenvalue weighted by Crippen LogP contribution is 2.39. The van der Waals surface area contributed by atoms with E-state index >= 15 is 0 Å². The van der Waals surface area contributed by atoms with Crippen LogP contribution in [0.1, 0.15) is 24.0 Å². The van der Waals surface area contributed by atoms with Crippen LogP contribution in [0.4, 0.5) is 8.78 Å². The van der Waals surface area contributed by atoms with Gasteiger partial charge in [0.15, 0.2) is 0 Å². The number of piperidine rings is 1. The monoisotopic (exact) mass is 391 g/mol. The summed E-state index contributed by atoms with van der Waals surface area (Å²) >= 11 is 1.62. The number of rotatable bonds is 3. The van der Waals surface area contributed by atoms with Gasteiger partial charge in [-0.1, -0.05) is 12.1 Å². The van der Waals surface area contributed by atoms with Crippen molar-refractivity contribution >= 4 is 22.6 Å². The minimum absolute atomic E-state index is 0.0163. The molecule has 1 aromatic heterocycles. The molecule has 0 saturated carbocycles. The summed E-state index contributed by atoms with van der Waals surface area (Å²) in [6.07, 6.45) is 5.92. The Hall–Kier alpha value is -2.19. The van der Waals surface area contributed by atoms with E-state index < -0.39 is 17.2 Å². The number of aliphatic hydroxyl groups is 1. The smallest absolute Gasteiger partial charge is 0.230 e. The van der Waals surface area contributed by atoms with Gasteiger partial charge in [0, 0.05) is 47.1 Å². The third kappa shape index (κ3) is 3.51. The van der Waals surface area contributed by atoms with Crippen LogP contribution in [0.25, 0.3) is 4.91 Å². The maximum Gasteiger partial charge on any atom is 0.230 e. The van der Waals surface area contributed by atoms with E-state index in [0.717, 1.165) is 22.6 Å². The molecule has 1 atom stereocenters. The number of hydrogen-bond donors (Lipinski definition) is 2. The van der Waals surface area contributed by atoms with Crippen LogP contribution in [-0.4, -0.2) is 45.0 Å². The third-order valence-corrected chi connectivity index (χ3v) is 6.41. The Balaban J connectivity index is 1.42. The summed E-state index contributed by atoms with van der Waals surface area (Å²) in [7, 11) is 0. The Kier molecular flexibility index (Phi) is 4.77. The lowest BCUT2D eigenvalue weighted by molar-refractivity contribution is -0.138. The standard InChI is InChI=1S/C19H19F2N3O2S/c20-14-1-2-15(16(21)8-14)19(26)3-5-24(6-4-19)18(25)12-7-17(27-11-12)13-9-22-23-10-13/h1-2,7-10,12,26H,3-6,11H2,(H,22,23). The number of amides is 1. The summed E-state index contributed by atoms with van der Waals surface area (Å²) in [4.78, 5) is 15.6. The molecule has 2 aliphatic heterocycles. The maximum absolute atomic E-state index is 14.1. The summed E-state index contributed by atoms with van der Waals surface area (Å²) in [5.74, 6) is -0.952. The second-order valence-corrected chi connectivity index (χ2v) is 7.98. The maximum atomic E-state index is 14.1. The molecule has 1 amide bonds. The third-order valence-electron chi connectivity index (χ3n) is 5.21. The molecule has 0 radical (unpaired) electrons. The van der Waals surface area contributed by atoms with Crippen molar-refractivity contribution in [3.8, 4) is 0 Å². The van der Waals surface area contributed by atoms with E-state index in [2.05, 4.69) is 10.2 Å². The zero-order valence-electron chi connectivity index (χ0n) is 14.5. The number of carbonyl (C=O) groups excluding carboxylic acids is 1. The molecule has 1 saturated heterocycles. The van der Waals surface area contributed by atoms with Crippen molar-refractivity contribution in [1.29, 1.82) is 0 Å². The molecule has 2 N–H and O–H groups in total. The molecule has 3 heterocycles. The van der Waals surface area contributed by atoms with Crippen LogP contribution in [0.5, 0.6) is 0 Å². The highest BCUT2D eigenvalue weighted by Gasteiger charge is 2.39. The van der Waals surface area contributed by atoms with Gasteiger partial charge < -0.3 is 10.0 Å². The predicted octanol–water partition coefficient (Wildman–Crippen LogP) is 2.90. The molecule has 1 fully saturated rings. The number of likely N-dealkylation sites (tertiary alicyclic amines) is 1.